The van der Waals surface area contributed by atoms with Crippen molar-refractivity contribution in [2.45, 2.75) is 0 Å². The number of para-hydroxylation sites is 4. The van der Waals surface area contributed by atoms with Crippen LogP contribution in [0.2, 0.25) is 0 Å². The topological polar surface area (TPSA) is 70.5 Å². The summed E-state index contributed by atoms with van der Waals surface area (Å²) in [7, 11) is 0. The molecule has 6 aromatic rings. The third kappa shape index (κ3) is 3.85. The van der Waals surface area contributed by atoms with Crippen molar-refractivity contribution in [3.05, 3.63) is 121 Å². The highest BCUT2D eigenvalue weighted by Crippen LogP contribution is 2.48. The van der Waals surface area contributed by atoms with Gasteiger partial charge in [0, 0.05) is 11.1 Å². The second-order valence-electron chi connectivity index (χ2n) is 8.60. The van der Waals surface area contributed by atoms with Crippen molar-refractivity contribution in [1.29, 1.82) is 0 Å². The van der Waals surface area contributed by atoms with Gasteiger partial charge in [-0.15, -0.1) is 0 Å². The van der Waals surface area contributed by atoms with E-state index in [1.807, 2.05) is 84.9 Å². The molecule has 0 fully saturated rings. The summed E-state index contributed by atoms with van der Waals surface area (Å²) in [6.45, 7) is 0. The summed E-state index contributed by atoms with van der Waals surface area (Å²) >= 11 is 0. The number of rotatable bonds is 5. The smallest absolute Gasteiger partial charge is 0.150 e. The van der Waals surface area contributed by atoms with Gasteiger partial charge in [0.05, 0.1) is 11.4 Å². The average molecular weight is 469 g/mol. The highest BCUT2D eigenvalue weighted by molar-refractivity contribution is 6.10. The molecule has 0 bridgehead atoms. The van der Waals surface area contributed by atoms with Gasteiger partial charge < -0.3 is 20.9 Å². The predicted molar refractivity (Wildman–Crippen MR) is 149 cm³/mol. The minimum atomic E-state index is 0.572. The normalized spacial score (nSPS) is 11.0. The molecule has 0 spiro atoms. The predicted octanol–water partition coefficient (Wildman–Crippen LogP) is 8.41. The summed E-state index contributed by atoms with van der Waals surface area (Å²) in [5.74, 6) is 2.58. The van der Waals surface area contributed by atoms with Crippen LogP contribution < -0.4 is 20.9 Å². The zero-order valence-electron chi connectivity index (χ0n) is 19.5. The molecule has 6 aromatic carbocycles. The molecule has 0 aliphatic heterocycles. The highest BCUT2D eigenvalue weighted by atomic mass is 16.5. The maximum absolute atomic E-state index is 6.48. The highest BCUT2D eigenvalue weighted by Gasteiger charge is 2.20. The van der Waals surface area contributed by atoms with Crippen LogP contribution in [-0.2, 0) is 0 Å². The molecule has 0 saturated carbocycles. The molecule has 4 N–H and O–H groups in total. The summed E-state index contributed by atoms with van der Waals surface area (Å²) in [4.78, 5) is 0. The lowest BCUT2D eigenvalue weighted by Gasteiger charge is -2.20. The largest absolute Gasteiger partial charge is 0.455 e. The van der Waals surface area contributed by atoms with E-state index in [9.17, 15) is 0 Å². The van der Waals surface area contributed by atoms with E-state index in [4.69, 9.17) is 20.9 Å². The van der Waals surface area contributed by atoms with Crippen molar-refractivity contribution >= 4 is 32.9 Å². The molecule has 0 saturated heterocycles. The van der Waals surface area contributed by atoms with Crippen LogP contribution in [-0.4, -0.2) is 0 Å². The van der Waals surface area contributed by atoms with Crippen LogP contribution >= 0.6 is 0 Å². The van der Waals surface area contributed by atoms with Crippen molar-refractivity contribution in [3.8, 4) is 34.1 Å². The molecular weight excluding hydrogens is 444 g/mol. The Morgan fingerprint density at radius 1 is 0.361 bits per heavy atom. The molecule has 0 atom stereocenters. The van der Waals surface area contributed by atoms with E-state index < -0.39 is 0 Å². The number of nitrogen functional groups attached to an aromatic ring is 2. The van der Waals surface area contributed by atoms with Crippen molar-refractivity contribution in [1.82, 2.24) is 0 Å². The fraction of sp³-hybridized carbons (Fsp3) is 0. The lowest BCUT2D eigenvalue weighted by atomic mass is 9.92. The van der Waals surface area contributed by atoms with Crippen molar-refractivity contribution in [2.24, 2.45) is 0 Å². The van der Waals surface area contributed by atoms with Crippen LogP contribution in [0.25, 0.3) is 32.7 Å². The molecule has 0 aliphatic rings. The van der Waals surface area contributed by atoms with E-state index in [-0.39, 0.29) is 0 Å². The minimum absolute atomic E-state index is 0.572. The first-order valence-corrected chi connectivity index (χ1v) is 11.8. The SMILES string of the molecule is Nc1ccccc1Oc1ccc2ccccc2c1-c1c(Oc2ccccc2N)ccc2ccccc12. The van der Waals surface area contributed by atoms with Gasteiger partial charge in [-0.3, -0.25) is 0 Å². The van der Waals surface area contributed by atoms with E-state index in [1.54, 1.807) is 0 Å². The summed E-state index contributed by atoms with van der Waals surface area (Å²) in [6, 6.07) is 39.7. The molecule has 0 radical (unpaired) electrons. The van der Waals surface area contributed by atoms with Crippen molar-refractivity contribution < 1.29 is 9.47 Å². The Balaban J connectivity index is 1.66. The van der Waals surface area contributed by atoms with Gasteiger partial charge in [0.2, 0.25) is 0 Å². The first-order valence-electron chi connectivity index (χ1n) is 11.8. The van der Waals surface area contributed by atoms with Crippen LogP contribution in [0.4, 0.5) is 11.4 Å². The Hall–Kier alpha value is -4.96. The zero-order chi connectivity index (χ0) is 24.5. The Labute approximate surface area is 209 Å². The fourth-order valence-electron chi connectivity index (χ4n) is 4.57. The molecule has 36 heavy (non-hydrogen) atoms. The van der Waals surface area contributed by atoms with Crippen molar-refractivity contribution in [2.75, 3.05) is 11.5 Å². The van der Waals surface area contributed by atoms with Gasteiger partial charge in [-0.2, -0.15) is 0 Å². The number of nitrogens with two attached hydrogens (primary N) is 2. The lowest BCUT2D eigenvalue weighted by Crippen LogP contribution is -1.97. The van der Waals surface area contributed by atoms with E-state index in [0.29, 0.717) is 34.4 Å². The van der Waals surface area contributed by atoms with Crippen LogP contribution in [0.1, 0.15) is 0 Å². The monoisotopic (exact) mass is 468 g/mol. The second kappa shape index (κ2) is 9.01. The number of benzene rings is 6. The number of hydrogen-bond acceptors (Lipinski definition) is 4. The molecule has 4 heteroatoms. The summed E-state index contributed by atoms with van der Waals surface area (Å²) in [5.41, 5.74) is 15.5. The maximum Gasteiger partial charge on any atom is 0.150 e. The Morgan fingerprint density at radius 2 is 0.750 bits per heavy atom. The van der Waals surface area contributed by atoms with Gasteiger partial charge in [0.15, 0.2) is 0 Å². The number of hydrogen-bond donors (Lipinski definition) is 2. The standard InChI is InChI=1S/C32H24N2O2/c33-25-13-5-7-15-27(25)35-29-19-17-21-9-1-3-11-23(21)31(29)32-24-12-4-2-10-22(24)18-20-30(32)36-28-16-8-6-14-26(28)34/h1-20H,33-34H2. The quantitative estimate of drug-likeness (QED) is 0.249. The van der Waals surface area contributed by atoms with Gasteiger partial charge in [-0.1, -0.05) is 84.9 Å². The van der Waals surface area contributed by atoms with Gasteiger partial charge in [0.25, 0.3) is 0 Å². The Bertz CT molecular complexity index is 1600. The zero-order valence-corrected chi connectivity index (χ0v) is 19.5. The summed E-state index contributed by atoms with van der Waals surface area (Å²) in [6.07, 6.45) is 0. The van der Waals surface area contributed by atoms with E-state index in [1.165, 1.54) is 0 Å². The third-order valence-corrected chi connectivity index (χ3v) is 6.31. The Morgan fingerprint density at radius 3 is 1.19 bits per heavy atom. The molecule has 0 unspecified atom stereocenters. The maximum atomic E-state index is 6.48. The van der Waals surface area contributed by atoms with Gasteiger partial charge in [0.1, 0.15) is 23.0 Å². The molecule has 6 rings (SSSR count). The van der Waals surface area contributed by atoms with Crippen LogP contribution in [0.3, 0.4) is 0 Å². The van der Waals surface area contributed by atoms with Crippen molar-refractivity contribution in [3.63, 3.8) is 0 Å². The third-order valence-electron chi connectivity index (χ3n) is 6.31. The van der Waals surface area contributed by atoms with E-state index >= 15 is 0 Å². The first-order chi connectivity index (χ1) is 17.7. The summed E-state index contributed by atoms with van der Waals surface area (Å²) < 4.78 is 13.0. The fourth-order valence-corrected chi connectivity index (χ4v) is 4.57. The molecule has 0 aromatic heterocycles. The molecule has 174 valence electrons. The summed E-state index contributed by atoms with van der Waals surface area (Å²) in [5, 5.41) is 4.29. The van der Waals surface area contributed by atoms with Gasteiger partial charge >= 0.3 is 0 Å². The number of anilines is 2. The molecule has 0 heterocycles. The molecule has 0 aliphatic carbocycles. The molecule has 0 amide bonds. The van der Waals surface area contributed by atoms with E-state index in [0.717, 1.165) is 32.7 Å². The first kappa shape index (κ1) is 21.6. The van der Waals surface area contributed by atoms with Gasteiger partial charge in [-0.25, -0.2) is 0 Å². The van der Waals surface area contributed by atoms with Crippen LogP contribution in [0.5, 0.6) is 23.0 Å². The minimum Gasteiger partial charge on any atom is -0.455 e. The molecule has 4 nitrogen and oxygen atoms in total. The number of ether oxygens (including phenoxy) is 2. The Kier molecular flexibility index (Phi) is 5.39. The average Bonchev–Trinajstić information content (AvgIpc) is 2.91. The van der Waals surface area contributed by atoms with Crippen LogP contribution in [0, 0.1) is 0 Å². The van der Waals surface area contributed by atoms with E-state index in [2.05, 4.69) is 36.4 Å². The lowest BCUT2D eigenvalue weighted by molar-refractivity contribution is 0.481. The number of fused-ring (bicyclic) bond motifs is 2. The van der Waals surface area contributed by atoms with Crippen LogP contribution in [0.15, 0.2) is 121 Å². The molecular formula is C32H24N2O2. The van der Waals surface area contributed by atoms with Gasteiger partial charge in [-0.05, 0) is 57.9 Å². The second-order valence-corrected chi connectivity index (χ2v) is 8.60.